The maximum absolute atomic E-state index is 12.3. The van der Waals surface area contributed by atoms with E-state index in [2.05, 4.69) is 10.1 Å². The van der Waals surface area contributed by atoms with E-state index in [9.17, 15) is 18.4 Å². The molecule has 0 aromatic heterocycles. The molecule has 2 rings (SSSR count). The molecule has 0 saturated carbocycles. The van der Waals surface area contributed by atoms with Crippen LogP contribution in [-0.2, 0) is 9.53 Å². The molecule has 0 atom stereocenters. The first-order valence-electron chi connectivity index (χ1n) is 8.17. The van der Waals surface area contributed by atoms with Crippen LogP contribution >= 0.6 is 0 Å². The molecule has 0 aliphatic rings. The van der Waals surface area contributed by atoms with Crippen LogP contribution in [0.1, 0.15) is 10.4 Å². The fraction of sp³-hybridized carbons (Fsp3) is 0.263. The van der Waals surface area contributed by atoms with Gasteiger partial charge < -0.3 is 24.4 Å². The first-order valence-corrected chi connectivity index (χ1v) is 8.17. The lowest BCUT2D eigenvalue weighted by Gasteiger charge is -2.13. The number of benzene rings is 2. The van der Waals surface area contributed by atoms with Gasteiger partial charge in [0.1, 0.15) is 0 Å². The van der Waals surface area contributed by atoms with Crippen LogP contribution < -0.4 is 19.7 Å². The molecule has 2 aromatic carbocycles. The first kappa shape index (κ1) is 20.9. The number of carbonyl (C=O) groups excluding carboxylic acids is 2. The largest absolute Gasteiger partial charge is 0.493 e. The molecule has 1 amide bonds. The zero-order chi connectivity index (χ0) is 20.7. The summed E-state index contributed by atoms with van der Waals surface area (Å²) in [5, 5.41) is 2.61. The van der Waals surface area contributed by atoms with Gasteiger partial charge in [-0.25, -0.2) is 4.79 Å². The number of nitrogens with one attached hydrogen (secondary N) is 1. The molecular formula is C19H20F2N2O5. The molecule has 0 fully saturated rings. The number of esters is 1. The summed E-state index contributed by atoms with van der Waals surface area (Å²) in [5.74, 6) is -1.59. The van der Waals surface area contributed by atoms with Crippen molar-refractivity contribution < 1.29 is 32.6 Å². The van der Waals surface area contributed by atoms with Crippen LogP contribution in [-0.4, -0.2) is 46.3 Å². The molecule has 0 spiro atoms. The number of methoxy groups -OCH3 is 1. The van der Waals surface area contributed by atoms with Gasteiger partial charge in [0, 0.05) is 25.5 Å². The molecule has 0 unspecified atom stereocenters. The van der Waals surface area contributed by atoms with Crippen molar-refractivity contribution in [2.75, 3.05) is 38.0 Å². The molecule has 28 heavy (non-hydrogen) atoms. The Morgan fingerprint density at radius 1 is 1.07 bits per heavy atom. The predicted molar refractivity (Wildman–Crippen MR) is 99.3 cm³/mol. The summed E-state index contributed by atoms with van der Waals surface area (Å²) >= 11 is 0. The Kier molecular flexibility index (Phi) is 7.14. The number of halogens is 2. The number of anilines is 2. The number of ether oxygens (including phenoxy) is 3. The van der Waals surface area contributed by atoms with E-state index in [4.69, 9.17) is 9.47 Å². The van der Waals surface area contributed by atoms with E-state index >= 15 is 0 Å². The van der Waals surface area contributed by atoms with Crippen LogP contribution in [0.2, 0.25) is 0 Å². The van der Waals surface area contributed by atoms with Gasteiger partial charge in [0.2, 0.25) is 0 Å². The van der Waals surface area contributed by atoms with Gasteiger partial charge in [-0.15, -0.1) is 0 Å². The molecule has 0 bridgehead atoms. The van der Waals surface area contributed by atoms with Gasteiger partial charge in [0.05, 0.1) is 12.7 Å². The Hall–Kier alpha value is -3.36. The van der Waals surface area contributed by atoms with Crippen LogP contribution in [0.25, 0.3) is 0 Å². The molecule has 0 saturated heterocycles. The van der Waals surface area contributed by atoms with Crippen LogP contribution in [0.15, 0.2) is 42.5 Å². The highest BCUT2D eigenvalue weighted by molar-refractivity contribution is 5.95. The van der Waals surface area contributed by atoms with Crippen LogP contribution in [0, 0.1) is 0 Å². The number of carbonyl (C=O) groups is 2. The van der Waals surface area contributed by atoms with Crippen LogP contribution in [0.3, 0.4) is 0 Å². The van der Waals surface area contributed by atoms with Crippen molar-refractivity contribution in [3.63, 3.8) is 0 Å². The van der Waals surface area contributed by atoms with Gasteiger partial charge in [-0.2, -0.15) is 8.78 Å². The van der Waals surface area contributed by atoms with E-state index < -0.39 is 25.1 Å². The minimum atomic E-state index is -3.03. The fourth-order valence-corrected chi connectivity index (χ4v) is 2.24. The molecule has 0 aliphatic heterocycles. The van der Waals surface area contributed by atoms with E-state index in [1.807, 2.05) is 31.1 Å². The van der Waals surface area contributed by atoms with Gasteiger partial charge in [0.25, 0.3) is 5.91 Å². The molecule has 2 aromatic rings. The Bertz CT molecular complexity index is 826. The van der Waals surface area contributed by atoms with Crippen molar-refractivity contribution in [1.82, 2.24) is 0 Å². The molecule has 0 heterocycles. The lowest BCUT2D eigenvalue weighted by Crippen LogP contribution is -2.21. The second-order valence-electron chi connectivity index (χ2n) is 5.81. The highest BCUT2D eigenvalue weighted by Gasteiger charge is 2.16. The lowest BCUT2D eigenvalue weighted by molar-refractivity contribution is -0.119. The number of alkyl halides is 2. The van der Waals surface area contributed by atoms with E-state index in [0.29, 0.717) is 5.69 Å². The molecule has 9 heteroatoms. The monoisotopic (exact) mass is 394 g/mol. The molecule has 0 aliphatic carbocycles. The number of hydrogen-bond donors (Lipinski definition) is 1. The summed E-state index contributed by atoms with van der Waals surface area (Å²) in [5.41, 5.74) is 1.56. The van der Waals surface area contributed by atoms with E-state index in [1.54, 1.807) is 12.1 Å². The Labute approximate surface area is 160 Å². The summed E-state index contributed by atoms with van der Waals surface area (Å²) < 4.78 is 38.8. The molecule has 0 radical (unpaired) electrons. The summed E-state index contributed by atoms with van der Waals surface area (Å²) in [6.45, 7) is -3.53. The number of amides is 1. The van der Waals surface area contributed by atoms with Gasteiger partial charge >= 0.3 is 12.6 Å². The van der Waals surface area contributed by atoms with Crippen LogP contribution in [0.4, 0.5) is 20.2 Å². The van der Waals surface area contributed by atoms with Crippen molar-refractivity contribution in [2.24, 2.45) is 0 Å². The third kappa shape index (κ3) is 5.83. The SMILES string of the molecule is COc1cc(C(=O)OCC(=O)Nc2ccc(N(C)C)cc2)ccc1OC(F)F. The maximum Gasteiger partial charge on any atom is 0.387 e. The topological polar surface area (TPSA) is 77.1 Å². The Morgan fingerprint density at radius 2 is 1.75 bits per heavy atom. The smallest absolute Gasteiger partial charge is 0.387 e. The quantitative estimate of drug-likeness (QED) is 0.693. The van der Waals surface area contributed by atoms with E-state index in [0.717, 1.165) is 11.8 Å². The standard InChI is InChI=1S/C19H20F2N2O5/c1-23(2)14-7-5-13(6-8-14)22-17(24)11-27-18(25)12-4-9-15(28-19(20)21)16(10-12)26-3/h4-10,19H,11H2,1-3H3,(H,22,24). The lowest BCUT2D eigenvalue weighted by atomic mass is 10.2. The maximum atomic E-state index is 12.3. The van der Waals surface area contributed by atoms with Crippen molar-refractivity contribution in [3.05, 3.63) is 48.0 Å². The van der Waals surface area contributed by atoms with Crippen molar-refractivity contribution >= 4 is 23.3 Å². The highest BCUT2D eigenvalue weighted by Crippen LogP contribution is 2.29. The molecular weight excluding hydrogens is 374 g/mol. The van der Waals surface area contributed by atoms with Gasteiger partial charge in [0.15, 0.2) is 18.1 Å². The average molecular weight is 394 g/mol. The third-order valence-corrected chi connectivity index (χ3v) is 3.62. The fourth-order valence-electron chi connectivity index (χ4n) is 2.24. The Balaban J connectivity index is 1.93. The van der Waals surface area contributed by atoms with Gasteiger partial charge in [-0.3, -0.25) is 4.79 Å². The van der Waals surface area contributed by atoms with Crippen molar-refractivity contribution in [2.45, 2.75) is 6.61 Å². The minimum Gasteiger partial charge on any atom is -0.493 e. The molecule has 150 valence electrons. The van der Waals surface area contributed by atoms with E-state index in [-0.39, 0.29) is 17.1 Å². The van der Waals surface area contributed by atoms with Gasteiger partial charge in [-0.05, 0) is 42.5 Å². The predicted octanol–water partition coefficient (Wildman–Crippen LogP) is 3.16. The highest BCUT2D eigenvalue weighted by atomic mass is 19.3. The third-order valence-electron chi connectivity index (χ3n) is 3.62. The van der Waals surface area contributed by atoms with Crippen molar-refractivity contribution in [3.8, 4) is 11.5 Å². The molecule has 7 nitrogen and oxygen atoms in total. The normalized spacial score (nSPS) is 10.4. The van der Waals surface area contributed by atoms with Crippen LogP contribution in [0.5, 0.6) is 11.5 Å². The average Bonchev–Trinajstić information content (AvgIpc) is 2.66. The molecule has 1 N–H and O–H groups in total. The number of hydrogen-bond acceptors (Lipinski definition) is 6. The zero-order valence-electron chi connectivity index (χ0n) is 15.6. The van der Waals surface area contributed by atoms with E-state index in [1.165, 1.54) is 19.2 Å². The second kappa shape index (κ2) is 9.54. The number of nitrogens with zero attached hydrogens (tertiary/aromatic N) is 1. The zero-order valence-corrected chi connectivity index (χ0v) is 15.6. The summed E-state index contributed by atoms with van der Waals surface area (Å²) in [4.78, 5) is 25.9. The second-order valence-corrected chi connectivity index (χ2v) is 5.81. The first-order chi connectivity index (χ1) is 13.3. The summed E-state index contributed by atoms with van der Waals surface area (Å²) in [6.07, 6.45) is 0. The minimum absolute atomic E-state index is 0.0293. The summed E-state index contributed by atoms with van der Waals surface area (Å²) in [6, 6.07) is 10.7. The summed E-state index contributed by atoms with van der Waals surface area (Å²) in [7, 11) is 5.04. The Morgan fingerprint density at radius 3 is 2.32 bits per heavy atom. The number of rotatable bonds is 8. The van der Waals surface area contributed by atoms with Crippen molar-refractivity contribution in [1.29, 1.82) is 0 Å². The van der Waals surface area contributed by atoms with Gasteiger partial charge in [-0.1, -0.05) is 0 Å².